The molecule has 1 N–H and O–H groups in total. The molecule has 19 heavy (non-hydrogen) atoms. The number of sulfonamides is 1. The molecule has 0 saturated heterocycles. The molecule has 0 saturated carbocycles. The van der Waals surface area contributed by atoms with Gasteiger partial charge in [0.05, 0.1) is 16.6 Å². The van der Waals surface area contributed by atoms with Gasteiger partial charge in [-0.15, -0.1) is 6.42 Å². The fourth-order valence-electron chi connectivity index (χ4n) is 1.34. The van der Waals surface area contributed by atoms with E-state index in [1.54, 1.807) is 0 Å². The van der Waals surface area contributed by atoms with Crippen molar-refractivity contribution < 1.29 is 18.3 Å². The minimum Gasteiger partial charge on any atom is -0.480 e. The molecule has 0 aliphatic rings. The molecule has 0 atom stereocenters. The molecule has 0 aromatic heterocycles. The summed E-state index contributed by atoms with van der Waals surface area (Å²) in [6.45, 7) is -1.16. The quantitative estimate of drug-likeness (QED) is 0.838. The van der Waals surface area contributed by atoms with Gasteiger partial charge in [-0.3, -0.25) is 4.79 Å². The van der Waals surface area contributed by atoms with E-state index in [-0.39, 0.29) is 14.9 Å². The molecular weight excluding hydrogens is 313 g/mol. The first-order valence-corrected chi connectivity index (χ1v) is 7.09. The molecular formula is C11H9Cl2NO4S. The van der Waals surface area contributed by atoms with Crippen LogP contribution in [0.1, 0.15) is 0 Å². The summed E-state index contributed by atoms with van der Waals surface area (Å²) in [5.74, 6) is 0.754. The summed E-state index contributed by atoms with van der Waals surface area (Å²) in [4.78, 5) is 10.3. The highest BCUT2D eigenvalue weighted by Gasteiger charge is 2.30. The van der Waals surface area contributed by atoms with Crippen molar-refractivity contribution in [3.05, 3.63) is 28.2 Å². The standard InChI is InChI=1S/C11H9Cl2NO4S/c1-2-6-14(7-10(15)16)19(17,18)11-8(12)4-3-5-9(11)13/h1,3-5H,6-7H2,(H,15,16). The lowest BCUT2D eigenvalue weighted by Crippen LogP contribution is -2.36. The lowest BCUT2D eigenvalue weighted by Gasteiger charge is -2.19. The van der Waals surface area contributed by atoms with Crippen LogP contribution in [0.25, 0.3) is 0 Å². The van der Waals surface area contributed by atoms with E-state index >= 15 is 0 Å². The van der Waals surface area contributed by atoms with Crippen molar-refractivity contribution in [2.24, 2.45) is 0 Å². The van der Waals surface area contributed by atoms with E-state index in [0.29, 0.717) is 4.31 Å². The minimum atomic E-state index is -4.17. The van der Waals surface area contributed by atoms with Gasteiger partial charge in [-0.05, 0) is 12.1 Å². The summed E-state index contributed by atoms with van der Waals surface area (Å²) < 4.78 is 25.2. The summed E-state index contributed by atoms with van der Waals surface area (Å²) in [7, 11) is -4.17. The maximum atomic E-state index is 12.3. The number of rotatable bonds is 5. The Kier molecular flexibility index (Phi) is 5.20. The Morgan fingerprint density at radius 2 is 1.89 bits per heavy atom. The number of halogens is 2. The molecule has 0 aliphatic heterocycles. The Balaban J connectivity index is 3.35. The van der Waals surface area contributed by atoms with Crippen LogP contribution < -0.4 is 0 Å². The molecule has 1 aromatic rings. The average Bonchev–Trinajstić information content (AvgIpc) is 2.27. The fraction of sp³-hybridized carbons (Fsp3) is 0.182. The van der Waals surface area contributed by atoms with Crippen LogP contribution in [0.2, 0.25) is 10.0 Å². The van der Waals surface area contributed by atoms with Crippen molar-refractivity contribution in [3.8, 4) is 12.3 Å². The van der Waals surface area contributed by atoms with Gasteiger partial charge in [0, 0.05) is 0 Å². The lowest BCUT2D eigenvalue weighted by atomic mass is 10.4. The van der Waals surface area contributed by atoms with Gasteiger partial charge in [0.25, 0.3) is 0 Å². The summed E-state index contributed by atoms with van der Waals surface area (Å²) in [6.07, 6.45) is 5.04. The zero-order valence-electron chi connectivity index (χ0n) is 9.51. The molecule has 0 amide bonds. The molecule has 0 bridgehead atoms. The van der Waals surface area contributed by atoms with Gasteiger partial charge in [0.2, 0.25) is 10.0 Å². The van der Waals surface area contributed by atoms with Gasteiger partial charge < -0.3 is 5.11 Å². The first kappa shape index (κ1) is 15.8. The van der Waals surface area contributed by atoms with Crippen molar-refractivity contribution in [3.63, 3.8) is 0 Å². The van der Waals surface area contributed by atoms with Crippen LogP contribution in [0.5, 0.6) is 0 Å². The Morgan fingerprint density at radius 1 is 1.37 bits per heavy atom. The van der Waals surface area contributed by atoms with Crippen molar-refractivity contribution in [2.45, 2.75) is 4.90 Å². The highest BCUT2D eigenvalue weighted by atomic mass is 35.5. The number of terminal acetylenes is 1. The topological polar surface area (TPSA) is 74.7 Å². The Labute approximate surface area is 120 Å². The van der Waals surface area contributed by atoms with Gasteiger partial charge in [0.1, 0.15) is 11.4 Å². The molecule has 102 valence electrons. The third-order valence-electron chi connectivity index (χ3n) is 2.10. The van der Waals surface area contributed by atoms with Gasteiger partial charge >= 0.3 is 5.97 Å². The first-order valence-electron chi connectivity index (χ1n) is 4.90. The second-order valence-electron chi connectivity index (χ2n) is 3.42. The largest absolute Gasteiger partial charge is 0.480 e. The first-order chi connectivity index (χ1) is 8.80. The van der Waals surface area contributed by atoms with Crippen molar-refractivity contribution in [1.82, 2.24) is 4.31 Å². The number of carbonyl (C=O) groups is 1. The number of hydrogen-bond acceptors (Lipinski definition) is 3. The number of carboxylic acids is 1. The van der Waals surface area contributed by atoms with Crippen LogP contribution >= 0.6 is 23.2 Å². The Morgan fingerprint density at radius 3 is 2.32 bits per heavy atom. The monoisotopic (exact) mass is 321 g/mol. The Bertz CT molecular complexity index is 616. The van der Waals surface area contributed by atoms with E-state index < -0.39 is 29.1 Å². The fourth-order valence-corrected chi connectivity index (χ4v) is 3.73. The highest BCUT2D eigenvalue weighted by Crippen LogP contribution is 2.31. The number of hydrogen-bond donors (Lipinski definition) is 1. The molecule has 1 rings (SSSR count). The van der Waals surface area contributed by atoms with Crippen LogP contribution in [-0.2, 0) is 14.8 Å². The zero-order valence-corrected chi connectivity index (χ0v) is 11.8. The predicted molar refractivity (Wildman–Crippen MR) is 71.7 cm³/mol. The number of carboxylic acid groups (broad SMARTS) is 1. The van der Waals surface area contributed by atoms with E-state index in [1.807, 2.05) is 0 Å². The van der Waals surface area contributed by atoms with Gasteiger partial charge in [-0.2, -0.15) is 4.31 Å². The molecule has 0 radical (unpaired) electrons. The zero-order chi connectivity index (χ0) is 14.6. The predicted octanol–water partition coefficient (Wildman–Crippen LogP) is 1.70. The lowest BCUT2D eigenvalue weighted by molar-refractivity contribution is -0.137. The van der Waals surface area contributed by atoms with E-state index in [4.69, 9.17) is 34.7 Å². The molecule has 0 fully saturated rings. The number of benzene rings is 1. The Hall–Kier alpha value is -1.26. The van der Waals surface area contributed by atoms with Crippen LogP contribution in [0, 0.1) is 12.3 Å². The normalized spacial score (nSPS) is 11.3. The highest BCUT2D eigenvalue weighted by molar-refractivity contribution is 7.89. The number of nitrogens with zero attached hydrogens (tertiary/aromatic N) is 1. The summed E-state index contributed by atoms with van der Waals surface area (Å²) in [5.41, 5.74) is 0. The van der Waals surface area contributed by atoms with E-state index in [9.17, 15) is 13.2 Å². The van der Waals surface area contributed by atoms with Crippen LogP contribution in [0.4, 0.5) is 0 Å². The van der Waals surface area contributed by atoms with Gasteiger partial charge in [-0.25, -0.2) is 8.42 Å². The maximum absolute atomic E-state index is 12.3. The molecule has 0 aliphatic carbocycles. The molecule has 0 unspecified atom stereocenters. The molecule has 1 aromatic carbocycles. The number of aliphatic carboxylic acids is 1. The molecule has 8 heteroatoms. The minimum absolute atomic E-state index is 0.0973. The van der Waals surface area contributed by atoms with E-state index in [0.717, 1.165) is 0 Å². The third-order valence-corrected chi connectivity index (χ3v) is 4.84. The van der Waals surface area contributed by atoms with E-state index in [1.165, 1.54) is 18.2 Å². The van der Waals surface area contributed by atoms with Crippen molar-refractivity contribution in [1.29, 1.82) is 0 Å². The van der Waals surface area contributed by atoms with Crippen LogP contribution in [0.15, 0.2) is 23.1 Å². The summed E-state index contributed by atoms with van der Waals surface area (Å²) >= 11 is 11.6. The third kappa shape index (κ3) is 3.61. The van der Waals surface area contributed by atoms with Gasteiger partial charge in [-0.1, -0.05) is 35.2 Å². The molecule has 0 heterocycles. The second kappa shape index (κ2) is 6.26. The second-order valence-corrected chi connectivity index (χ2v) is 6.11. The molecule has 5 nitrogen and oxygen atoms in total. The van der Waals surface area contributed by atoms with Crippen LogP contribution in [0.3, 0.4) is 0 Å². The smallest absolute Gasteiger partial charge is 0.318 e. The SMILES string of the molecule is C#CCN(CC(=O)O)S(=O)(=O)c1c(Cl)cccc1Cl. The average molecular weight is 322 g/mol. The summed E-state index contributed by atoms with van der Waals surface area (Å²) in [6, 6.07) is 4.16. The van der Waals surface area contributed by atoms with E-state index in [2.05, 4.69) is 5.92 Å². The van der Waals surface area contributed by atoms with Crippen LogP contribution in [-0.4, -0.2) is 36.9 Å². The molecule has 0 spiro atoms. The van der Waals surface area contributed by atoms with Crippen molar-refractivity contribution >= 4 is 39.2 Å². The van der Waals surface area contributed by atoms with Crippen molar-refractivity contribution in [2.75, 3.05) is 13.1 Å². The summed E-state index contributed by atoms with van der Waals surface area (Å²) in [5, 5.41) is 8.52. The maximum Gasteiger partial charge on any atom is 0.318 e. The van der Waals surface area contributed by atoms with Gasteiger partial charge in [0.15, 0.2) is 0 Å².